The van der Waals surface area contributed by atoms with E-state index in [1.165, 1.54) is 13.4 Å². The molecule has 12 heavy (non-hydrogen) atoms. The van der Waals surface area contributed by atoms with Gasteiger partial charge in [-0.15, -0.1) is 0 Å². The number of hydroxylamine groups is 1. The van der Waals surface area contributed by atoms with Crippen molar-refractivity contribution in [1.29, 1.82) is 0 Å². The van der Waals surface area contributed by atoms with Gasteiger partial charge in [-0.1, -0.05) is 5.16 Å². The van der Waals surface area contributed by atoms with Crippen LogP contribution in [0, 0.1) is 0 Å². The minimum Gasteiger partial charge on any atom is -0.364 e. The molecule has 0 fully saturated rings. The fourth-order valence-electron chi connectivity index (χ4n) is 0.739. The van der Waals surface area contributed by atoms with Crippen LogP contribution in [0.5, 0.6) is 0 Å². The summed E-state index contributed by atoms with van der Waals surface area (Å²) >= 11 is 0. The minimum absolute atomic E-state index is 0.156. The zero-order valence-corrected chi connectivity index (χ0v) is 6.53. The predicted octanol–water partition coefficient (Wildman–Crippen LogP) is -0.575. The summed E-state index contributed by atoms with van der Waals surface area (Å²) in [6, 6.07) is 0. The average Bonchev–Trinajstić information content (AvgIpc) is 2.51. The number of carbonyl (C=O) groups is 1. The highest BCUT2D eigenvalue weighted by atomic mass is 16.6. The number of aromatic nitrogens is 1. The number of hydrogen-bond donors (Lipinski definition) is 2. The van der Waals surface area contributed by atoms with Crippen molar-refractivity contribution in [2.24, 2.45) is 5.73 Å². The summed E-state index contributed by atoms with van der Waals surface area (Å²) in [6.45, 7) is 0.156. The first kappa shape index (κ1) is 8.69. The van der Waals surface area contributed by atoms with Gasteiger partial charge < -0.3 is 10.3 Å². The highest BCUT2D eigenvalue weighted by Crippen LogP contribution is 2.04. The molecule has 0 aromatic carbocycles. The molecule has 1 heterocycles. The van der Waals surface area contributed by atoms with E-state index in [0.29, 0.717) is 11.3 Å². The molecule has 0 atom stereocenters. The number of rotatable bonds is 3. The Kier molecular flexibility index (Phi) is 2.78. The Labute approximate surface area is 68.6 Å². The van der Waals surface area contributed by atoms with E-state index in [2.05, 4.69) is 20.0 Å². The van der Waals surface area contributed by atoms with Gasteiger partial charge in [-0.25, -0.2) is 5.48 Å². The summed E-state index contributed by atoms with van der Waals surface area (Å²) in [5.41, 5.74) is 8.11. The second-order valence-electron chi connectivity index (χ2n) is 2.01. The second-order valence-corrected chi connectivity index (χ2v) is 2.01. The van der Waals surface area contributed by atoms with Gasteiger partial charge in [0.2, 0.25) is 0 Å². The van der Waals surface area contributed by atoms with Crippen LogP contribution in [0.15, 0.2) is 10.8 Å². The highest BCUT2D eigenvalue weighted by Gasteiger charge is 2.13. The second kappa shape index (κ2) is 3.84. The molecule has 1 aromatic rings. The number of nitrogens with one attached hydrogen (secondary N) is 1. The molecule has 0 unspecified atom stereocenters. The van der Waals surface area contributed by atoms with Gasteiger partial charge in [-0.3, -0.25) is 9.63 Å². The largest absolute Gasteiger partial charge is 0.364 e. The fraction of sp³-hybridized carbons (Fsp3) is 0.333. The van der Waals surface area contributed by atoms with Crippen LogP contribution in [-0.2, 0) is 11.4 Å². The summed E-state index contributed by atoms with van der Waals surface area (Å²) in [6.07, 6.45) is 1.22. The zero-order chi connectivity index (χ0) is 8.97. The summed E-state index contributed by atoms with van der Waals surface area (Å²) < 4.78 is 4.56. The van der Waals surface area contributed by atoms with Crippen molar-refractivity contribution < 1.29 is 14.2 Å². The molecule has 0 spiro atoms. The van der Waals surface area contributed by atoms with Gasteiger partial charge in [0, 0.05) is 6.54 Å². The maximum Gasteiger partial charge on any atom is 0.280 e. The van der Waals surface area contributed by atoms with Crippen LogP contribution in [0.4, 0.5) is 0 Å². The van der Waals surface area contributed by atoms with Gasteiger partial charge in [0.15, 0.2) is 0 Å². The van der Waals surface area contributed by atoms with Crippen molar-refractivity contribution in [2.75, 3.05) is 7.11 Å². The first-order valence-corrected chi connectivity index (χ1v) is 3.26. The molecule has 6 nitrogen and oxygen atoms in total. The lowest BCUT2D eigenvalue weighted by atomic mass is 10.2. The molecule has 0 aliphatic rings. The van der Waals surface area contributed by atoms with Crippen molar-refractivity contribution in [3.63, 3.8) is 0 Å². The minimum atomic E-state index is -0.417. The van der Waals surface area contributed by atoms with Crippen LogP contribution in [0.1, 0.15) is 16.1 Å². The lowest BCUT2D eigenvalue weighted by Gasteiger charge is -1.98. The molecule has 66 valence electrons. The standard InChI is InChI=1S/C6H9N3O3/c1-11-9-6(10)4-3-12-8-5(4)2-7/h3H,2,7H2,1H3,(H,9,10). The fourth-order valence-corrected chi connectivity index (χ4v) is 0.739. The smallest absolute Gasteiger partial charge is 0.280 e. The summed E-state index contributed by atoms with van der Waals surface area (Å²) in [5.74, 6) is -0.417. The summed E-state index contributed by atoms with van der Waals surface area (Å²) in [7, 11) is 1.34. The Hall–Kier alpha value is -1.40. The molecule has 0 aliphatic carbocycles. The van der Waals surface area contributed by atoms with E-state index >= 15 is 0 Å². The SMILES string of the molecule is CONC(=O)c1conc1CN. The molecule has 0 bridgehead atoms. The third kappa shape index (κ3) is 1.60. The van der Waals surface area contributed by atoms with E-state index in [-0.39, 0.29) is 6.54 Å². The van der Waals surface area contributed by atoms with Crippen molar-refractivity contribution in [3.05, 3.63) is 17.5 Å². The molecule has 0 saturated heterocycles. The Bertz CT molecular complexity index is 271. The number of carbonyl (C=O) groups excluding carboxylic acids is 1. The topological polar surface area (TPSA) is 90.4 Å². The van der Waals surface area contributed by atoms with Gasteiger partial charge in [0.1, 0.15) is 17.5 Å². The number of nitrogens with zero attached hydrogens (tertiary/aromatic N) is 1. The first-order valence-electron chi connectivity index (χ1n) is 3.26. The maximum atomic E-state index is 11.1. The van der Waals surface area contributed by atoms with Gasteiger partial charge in [0.25, 0.3) is 5.91 Å². The molecular formula is C6H9N3O3. The van der Waals surface area contributed by atoms with E-state index < -0.39 is 5.91 Å². The zero-order valence-electron chi connectivity index (χ0n) is 6.53. The Morgan fingerprint density at radius 3 is 3.25 bits per heavy atom. The van der Waals surface area contributed by atoms with Gasteiger partial charge >= 0.3 is 0 Å². The lowest BCUT2D eigenvalue weighted by molar-refractivity contribution is 0.0536. The predicted molar refractivity (Wildman–Crippen MR) is 38.9 cm³/mol. The third-order valence-corrected chi connectivity index (χ3v) is 1.28. The molecular weight excluding hydrogens is 162 g/mol. The van der Waals surface area contributed by atoms with Crippen molar-refractivity contribution in [1.82, 2.24) is 10.6 Å². The number of nitrogens with two attached hydrogens (primary N) is 1. The van der Waals surface area contributed by atoms with Crippen LogP contribution in [-0.4, -0.2) is 18.2 Å². The summed E-state index contributed by atoms with van der Waals surface area (Å²) in [5, 5.41) is 3.52. The average molecular weight is 171 g/mol. The Morgan fingerprint density at radius 1 is 1.92 bits per heavy atom. The molecule has 6 heteroatoms. The molecule has 0 saturated carbocycles. The van der Waals surface area contributed by atoms with Gasteiger partial charge in [0.05, 0.1) is 7.11 Å². The van der Waals surface area contributed by atoms with Crippen LogP contribution in [0.3, 0.4) is 0 Å². The maximum absolute atomic E-state index is 11.1. The van der Waals surface area contributed by atoms with E-state index in [0.717, 1.165) is 0 Å². The normalized spacial score (nSPS) is 9.83. The Balaban J connectivity index is 2.79. The van der Waals surface area contributed by atoms with E-state index in [4.69, 9.17) is 5.73 Å². The van der Waals surface area contributed by atoms with Crippen LogP contribution >= 0.6 is 0 Å². The molecule has 0 radical (unpaired) electrons. The summed E-state index contributed by atoms with van der Waals surface area (Å²) in [4.78, 5) is 15.5. The monoisotopic (exact) mass is 171 g/mol. The van der Waals surface area contributed by atoms with Crippen LogP contribution in [0.25, 0.3) is 0 Å². The molecule has 1 rings (SSSR count). The molecule has 3 N–H and O–H groups in total. The highest BCUT2D eigenvalue weighted by molar-refractivity contribution is 5.94. The number of amides is 1. The lowest BCUT2D eigenvalue weighted by Crippen LogP contribution is -2.23. The quantitative estimate of drug-likeness (QED) is 0.594. The van der Waals surface area contributed by atoms with Crippen molar-refractivity contribution in [3.8, 4) is 0 Å². The van der Waals surface area contributed by atoms with Gasteiger partial charge in [-0.2, -0.15) is 0 Å². The van der Waals surface area contributed by atoms with Crippen LogP contribution in [0.2, 0.25) is 0 Å². The van der Waals surface area contributed by atoms with E-state index in [1.807, 2.05) is 0 Å². The first-order chi connectivity index (χ1) is 5.79. The molecule has 0 aliphatic heterocycles. The molecule has 1 aromatic heterocycles. The number of hydrogen-bond acceptors (Lipinski definition) is 5. The van der Waals surface area contributed by atoms with Gasteiger partial charge in [-0.05, 0) is 0 Å². The van der Waals surface area contributed by atoms with E-state index in [1.54, 1.807) is 0 Å². The van der Waals surface area contributed by atoms with E-state index in [9.17, 15) is 4.79 Å². The van der Waals surface area contributed by atoms with Crippen molar-refractivity contribution >= 4 is 5.91 Å². The van der Waals surface area contributed by atoms with Crippen LogP contribution < -0.4 is 11.2 Å². The third-order valence-electron chi connectivity index (χ3n) is 1.28. The van der Waals surface area contributed by atoms with Crippen molar-refractivity contribution in [2.45, 2.75) is 6.54 Å². The Morgan fingerprint density at radius 2 is 2.67 bits per heavy atom. The molecule has 1 amide bonds.